The molecule has 1 unspecified atom stereocenters. The highest BCUT2D eigenvalue weighted by Gasteiger charge is 2.05. The fraction of sp³-hybridized carbons (Fsp3) is 0.250. The summed E-state index contributed by atoms with van der Waals surface area (Å²) in [6.45, 7) is 2.90. The van der Waals surface area contributed by atoms with Crippen molar-refractivity contribution in [2.24, 2.45) is 0 Å². The SMILES string of the molecule is CC(NCc1ccc(O)cc1)c1cccc(CO)c1. The lowest BCUT2D eigenvalue weighted by atomic mass is 10.1. The van der Waals surface area contributed by atoms with Crippen LogP contribution in [0, 0.1) is 0 Å². The van der Waals surface area contributed by atoms with Crippen molar-refractivity contribution in [1.82, 2.24) is 5.32 Å². The molecule has 2 rings (SSSR count). The van der Waals surface area contributed by atoms with Crippen LogP contribution < -0.4 is 5.32 Å². The molecule has 2 aromatic rings. The Kier molecular flexibility index (Phi) is 4.55. The number of nitrogens with one attached hydrogen (secondary N) is 1. The molecule has 0 aliphatic heterocycles. The summed E-state index contributed by atoms with van der Waals surface area (Å²) in [5, 5.41) is 21.8. The lowest BCUT2D eigenvalue weighted by Crippen LogP contribution is -2.18. The molecule has 0 radical (unpaired) electrons. The van der Waals surface area contributed by atoms with Gasteiger partial charge >= 0.3 is 0 Å². The molecule has 0 saturated carbocycles. The molecule has 0 heterocycles. The van der Waals surface area contributed by atoms with E-state index >= 15 is 0 Å². The third kappa shape index (κ3) is 3.81. The standard InChI is InChI=1S/C16H19NO2/c1-12(15-4-2-3-14(9-15)11-18)17-10-13-5-7-16(19)8-6-13/h2-9,12,17-19H,10-11H2,1H3. The summed E-state index contributed by atoms with van der Waals surface area (Å²) >= 11 is 0. The van der Waals surface area contributed by atoms with Gasteiger partial charge in [0.15, 0.2) is 0 Å². The van der Waals surface area contributed by atoms with Crippen molar-refractivity contribution in [3.8, 4) is 5.75 Å². The molecule has 100 valence electrons. The molecule has 0 fully saturated rings. The van der Waals surface area contributed by atoms with Gasteiger partial charge in [-0.3, -0.25) is 0 Å². The van der Waals surface area contributed by atoms with Crippen LogP contribution in [0.2, 0.25) is 0 Å². The second-order valence-corrected chi connectivity index (χ2v) is 4.67. The molecular weight excluding hydrogens is 238 g/mol. The van der Waals surface area contributed by atoms with Gasteiger partial charge in [-0.2, -0.15) is 0 Å². The Hall–Kier alpha value is -1.84. The van der Waals surface area contributed by atoms with Crippen molar-refractivity contribution in [3.63, 3.8) is 0 Å². The lowest BCUT2D eigenvalue weighted by Gasteiger charge is -2.15. The normalized spacial score (nSPS) is 12.3. The topological polar surface area (TPSA) is 52.5 Å². The highest BCUT2D eigenvalue weighted by Crippen LogP contribution is 2.16. The van der Waals surface area contributed by atoms with Crippen LogP contribution in [0.15, 0.2) is 48.5 Å². The van der Waals surface area contributed by atoms with E-state index in [0.29, 0.717) is 0 Å². The van der Waals surface area contributed by atoms with E-state index in [4.69, 9.17) is 5.11 Å². The van der Waals surface area contributed by atoms with E-state index in [0.717, 1.165) is 23.2 Å². The molecular formula is C16H19NO2. The van der Waals surface area contributed by atoms with Crippen molar-refractivity contribution >= 4 is 0 Å². The number of phenolic OH excluding ortho intramolecular Hbond substituents is 1. The first kappa shape index (κ1) is 13.6. The maximum absolute atomic E-state index is 9.23. The van der Waals surface area contributed by atoms with Crippen molar-refractivity contribution in [2.75, 3.05) is 0 Å². The van der Waals surface area contributed by atoms with Crippen LogP contribution in [0.1, 0.15) is 29.7 Å². The van der Waals surface area contributed by atoms with Crippen LogP contribution in [-0.4, -0.2) is 10.2 Å². The van der Waals surface area contributed by atoms with Crippen molar-refractivity contribution in [2.45, 2.75) is 26.1 Å². The van der Waals surface area contributed by atoms with E-state index in [9.17, 15) is 5.11 Å². The second-order valence-electron chi connectivity index (χ2n) is 4.67. The first-order chi connectivity index (χ1) is 9.19. The maximum Gasteiger partial charge on any atom is 0.115 e. The number of aliphatic hydroxyl groups is 1. The molecule has 0 aliphatic rings. The van der Waals surface area contributed by atoms with Crippen LogP contribution >= 0.6 is 0 Å². The zero-order valence-electron chi connectivity index (χ0n) is 11.0. The van der Waals surface area contributed by atoms with E-state index < -0.39 is 0 Å². The number of hydrogen-bond donors (Lipinski definition) is 3. The predicted octanol–water partition coefficient (Wildman–Crippen LogP) is 2.74. The van der Waals surface area contributed by atoms with Gasteiger partial charge < -0.3 is 15.5 Å². The van der Waals surface area contributed by atoms with Gasteiger partial charge in [0.25, 0.3) is 0 Å². The Balaban J connectivity index is 1.96. The Morgan fingerprint density at radius 3 is 2.47 bits per heavy atom. The van der Waals surface area contributed by atoms with E-state index in [-0.39, 0.29) is 18.4 Å². The van der Waals surface area contributed by atoms with Crippen molar-refractivity contribution in [1.29, 1.82) is 0 Å². The van der Waals surface area contributed by atoms with E-state index in [1.54, 1.807) is 12.1 Å². The van der Waals surface area contributed by atoms with E-state index in [2.05, 4.69) is 12.2 Å². The number of rotatable bonds is 5. The first-order valence-electron chi connectivity index (χ1n) is 6.40. The molecule has 1 atom stereocenters. The number of aromatic hydroxyl groups is 1. The summed E-state index contributed by atoms with van der Waals surface area (Å²) in [5.41, 5.74) is 3.21. The molecule has 0 amide bonds. The number of aliphatic hydroxyl groups excluding tert-OH is 1. The monoisotopic (exact) mass is 257 g/mol. The summed E-state index contributed by atoms with van der Waals surface area (Å²) in [7, 11) is 0. The Morgan fingerprint density at radius 2 is 1.79 bits per heavy atom. The zero-order chi connectivity index (χ0) is 13.7. The Morgan fingerprint density at radius 1 is 1.05 bits per heavy atom. The van der Waals surface area contributed by atoms with Crippen LogP contribution in [0.5, 0.6) is 5.75 Å². The molecule has 2 aromatic carbocycles. The largest absolute Gasteiger partial charge is 0.508 e. The van der Waals surface area contributed by atoms with E-state index in [1.165, 1.54) is 0 Å². The average molecular weight is 257 g/mol. The fourth-order valence-electron chi connectivity index (χ4n) is 1.96. The first-order valence-corrected chi connectivity index (χ1v) is 6.40. The summed E-state index contributed by atoms with van der Waals surface area (Å²) in [6, 6.07) is 15.3. The van der Waals surface area contributed by atoms with Crippen LogP contribution in [0.4, 0.5) is 0 Å². The molecule has 3 heteroatoms. The third-order valence-electron chi connectivity index (χ3n) is 3.18. The minimum Gasteiger partial charge on any atom is -0.508 e. The molecule has 3 nitrogen and oxygen atoms in total. The van der Waals surface area contributed by atoms with Gasteiger partial charge in [-0.05, 0) is 35.7 Å². The highest BCUT2D eigenvalue weighted by molar-refractivity contribution is 5.27. The second kappa shape index (κ2) is 6.36. The maximum atomic E-state index is 9.23. The molecule has 0 aromatic heterocycles. The van der Waals surface area contributed by atoms with Crippen LogP contribution in [-0.2, 0) is 13.2 Å². The van der Waals surface area contributed by atoms with Crippen molar-refractivity contribution in [3.05, 3.63) is 65.2 Å². The fourth-order valence-corrected chi connectivity index (χ4v) is 1.96. The molecule has 19 heavy (non-hydrogen) atoms. The van der Waals surface area contributed by atoms with Gasteiger partial charge in [-0.25, -0.2) is 0 Å². The van der Waals surface area contributed by atoms with Gasteiger partial charge in [0.05, 0.1) is 6.61 Å². The summed E-state index contributed by atoms with van der Waals surface area (Å²) < 4.78 is 0. The van der Waals surface area contributed by atoms with Gasteiger partial charge in [0.1, 0.15) is 5.75 Å². The highest BCUT2D eigenvalue weighted by atomic mass is 16.3. The third-order valence-corrected chi connectivity index (χ3v) is 3.18. The summed E-state index contributed by atoms with van der Waals surface area (Å²) in [4.78, 5) is 0. The average Bonchev–Trinajstić information content (AvgIpc) is 2.46. The predicted molar refractivity (Wildman–Crippen MR) is 75.7 cm³/mol. The lowest BCUT2D eigenvalue weighted by molar-refractivity contribution is 0.281. The minimum absolute atomic E-state index is 0.0680. The number of benzene rings is 2. The molecule has 0 aliphatic carbocycles. The van der Waals surface area contributed by atoms with Gasteiger partial charge in [-0.15, -0.1) is 0 Å². The number of hydrogen-bond acceptors (Lipinski definition) is 3. The quantitative estimate of drug-likeness (QED) is 0.772. The van der Waals surface area contributed by atoms with Gasteiger partial charge in [0.2, 0.25) is 0 Å². The zero-order valence-corrected chi connectivity index (χ0v) is 11.0. The van der Waals surface area contributed by atoms with Gasteiger partial charge in [-0.1, -0.05) is 36.4 Å². The molecule has 3 N–H and O–H groups in total. The van der Waals surface area contributed by atoms with Crippen molar-refractivity contribution < 1.29 is 10.2 Å². The Labute approximate surface area is 113 Å². The van der Waals surface area contributed by atoms with E-state index in [1.807, 2.05) is 36.4 Å². The van der Waals surface area contributed by atoms with Crippen LogP contribution in [0.25, 0.3) is 0 Å². The summed E-state index contributed by atoms with van der Waals surface area (Å²) in [6.07, 6.45) is 0. The molecule has 0 spiro atoms. The van der Waals surface area contributed by atoms with Crippen LogP contribution in [0.3, 0.4) is 0 Å². The summed E-state index contributed by atoms with van der Waals surface area (Å²) in [5.74, 6) is 0.285. The van der Waals surface area contributed by atoms with Gasteiger partial charge in [0, 0.05) is 12.6 Å². The minimum atomic E-state index is 0.0680. The molecule has 0 bridgehead atoms. The molecule has 0 saturated heterocycles. The number of phenols is 1. The smallest absolute Gasteiger partial charge is 0.115 e. The Bertz CT molecular complexity index is 523.